The molecular weight excluding hydrogens is 256 g/mol. The molecular formula is C15H24N2OS. The van der Waals surface area contributed by atoms with Gasteiger partial charge in [-0.25, -0.2) is 0 Å². The van der Waals surface area contributed by atoms with Crippen LogP contribution < -0.4 is 11.1 Å². The highest BCUT2D eigenvalue weighted by atomic mass is 32.2. The molecule has 1 unspecified atom stereocenters. The first kappa shape index (κ1) is 16.1. The van der Waals surface area contributed by atoms with Crippen LogP contribution in [0, 0.1) is 0 Å². The van der Waals surface area contributed by atoms with E-state index in [-0.39, 0.29) is 16.7 Å². The third kappa shape index (κ3) is 5.25. The lowest BCUT2D eigenvalue weighted by atomic mass is 10.0. The Morgan fingerprint density at radius 3 is 2.74 bits per heavy atom. The Bertz CT molecular complexity index is 432. The Morgan fingerprint density at radius 2 is 2.16 bits per heavy atom. The fourth-order valence-electron chi connectivity index (χ4n) is 1.53. The smallest absolute Gasteiger partial charge is 0.233 e. The number of carbonyl (C=O) groups is 1. The van der Waals surface area contributed by atoms with E-state index in [9.17, 15) is 4.79 Å². The average Bonchev–Trinajstić information content (AvgIpc) is 2.38. The zero-order valence-electron chi connectivity index (χ0n) is 12.2. The second-order valence-electron chi connectivity index (χ2n) is 5.34. The van der Waals surface area contributed by atoms with E-state index in [4.69, 9.17) is 5.73 Å². The van der Waals surface area contributed by atoms with Gasteiger partial charge in [0.1, 0.15) is 0 Å². The molecule has 1 amide bonds. The van der Waals surface area contributed by atoms with E-state index in [0.717, 1.165) is 16.9 Å². The summed E-state index contributed by atoms with van der Waals surface area (Å²) in [6.45, 7) is 8.61. The van der Waals surface area contributed by atoms with E-state index >= 15 is 0 Å². The van der Waals surface area contributed by atoms with Gasteiger partial charge in [-0.3, -0.25) is 4.79 Å². The minimum atomic E-state index is -0.148. The molecule has 3 nitrogen and oxygen atoms in total. The van der Waals surface area contributed by atoms with Crippen LogP contribution >= 0.6 is 11.8 Å². The van der Waals surface area contributed by atoms with Crippen LogP contribution in [0.15, 0.2) is 29.2 Å². The highest BCUT2D eigenvalue weighted by molar-refractivity contribution is 8.00. The van der Waals surface area contributed by atoms with Gasteiger partial charge >= 0.3 is 0 Å². The van der Waals surface area contributed by atoms with Crippen LogP contribution in [0.5, 0.6) is 0 Å². The van der Waals surface area contributed by atoms with Crippen molar-refractivity contribution < 1.29 is 4.79 Å². The van der Waals surface area contributed by atoms with Gasteiger partial charge in [-0.1, -0.05) is 19.1 Å². The normalized spacial score (nSPS) is 13.1. The molecule has 0 fully saturated rings. The highest BCUT2D eigenvalue weighted by Gasteiger charge is 2.22. The van der Waals surface area contributed by atoms with E-state index in [1.165, 1.54) is 0 Å². The molecule has 1 atom stereocenters. The fraction of sp³-hybridized carbons (Fsp3) is 0.533. The topological polar surface area (TPSA) is 55.1 Å². The molecule has 0 aliphatic carbocycles. The maximum Gasteiger partial charge on any atom is 0.233 e. The van der Waals surface area contributed by atoms with E-state index in [0.29, 0.717) is 6.54 Å². The van der Waals surface area contributed by atoms with Crippen molar-refractivity contribution in [3.63, 3.8) is 0 Å². The second-order valence-corrected chi connectivity index (χ2v) is 6.75. The molecule has 1 rings (SSSR count). The number of benzene rings is 1. The summed E-state index contributed by atoms with van der Waals surface area (Å²) < 4.78 is 0. The van der Waals surface area contributed by atoms with Gasteiger partial charge in [0, 0.05) is 17.0 Å². The molecule has 1 aromatic carbocycles. The van der Waals surface area contributed by atoms with Crippen LogP contribution in [0.1, 0.15) is 39.7 Å². The van der Waals surface area contributed by atoms with Crippen LogP contribution in [0.2, 0.25) is 0 Å². The zero-order valence-corrected chi connectivity index (χ0v) is 13.0. The Balaban J connectivity index is 2.63. The summed E-state index contributed by atoms with van der Waals surface area (Å²) in [6, 6.07) is 8.03. The Kier molecular flexibility index (Phi) is 5.88. The SMILES string of the molecule is CCC(C)(C)NC(=O)C(C)Sc1cccc(CN)c1. The molecule has 0 bridgehead atoms. The summed E-state index contributed by atoms with van der Waals surface area (Å²) in [5, 5.41) is 2.96. The second kappa shape index (κ2) is 6.96. The summed E-state index contributed by atoms with van der Waals surface area (Å²) in [5.41, 5.74) is 6.56. The van der Waals surface area contributed by atoms with Gasteiger partial charge in [-0.15, -0.1) is 11.8 Å². The fourth-order valence-corrected chi connectivity index (χ4v) is 2.48. The lowest BCUT2D eigenvalue weighted by Crippen LogP contribution is -2.46. The van der Waals surface area contributed by atoms with Gasteiger partial charge in [0.25, 0.3) is 0 Å². The van der Waals surface area contributed by atoms with Crippen molar-refractivity contribution in [1.29, 1.82) is 0 Å². The number of thioether (sulfide) groups is 1. The molecule has 0 saturated carbocycles. The van der Waals surface area contributed by atoms with E-state index in [2.05, 4.69) is 12.2 Å². The van der Waals surface area contributed by atoms with Crippen LogP contribution in [0.3, 0.4) is 0 Å². The van der Waals surface area contributed by atoms with Gasteiger partial charge < -0.3 is 11.1 Å². The molecule has 0 heterocycles. The van der Waals surface area contributed by atoms with Crippen molar-refractivity contribution in [2.45, 2.75) is 56.3 Å². The minimum absolute atomic E-state index is 0.0787. The summed E-state index contributed by atoms with van der Waals surface area (Å²) >= 11 is 1.56. The first-order chi connectivity index (χ1) is 8.88. The molecule has 1 aromatic rings. The number of rotatable bonds is 6. The van der Waals surface area contributed by atoms with Gasteiger partial charge in [-0.05, 0) is 44.9 Å². The summed E-state index contributed by atoms with van der Waals surface area (Å²) in [4.78, 5) is 13.2. The lowest BCUT2D eigenvalue weighted by molar-refractivity contribution is -0.121. The van der Waals surface area contributed by atoms with Gasteiger partial charge in [0.15, 0.2) is 0 Å². The summed E-state index contributed by atoms with van der Waals surface area (Å²) in [6.07, 6.45) is 0.915. The van der Waals surface area contributed by atoms with Gasteiger partial charge in [-0.2, -0.15) is 0 Å². The molecule has 4 heteroatoms. The number of hydrogen-bond donors (Lipinski definition) is 2. The molecule has 0 aromatic heterocycles. The molecule has 0 aliphatic heterocycles. The van der Waals surface area contributed by atoms with Crippen LogP contribution in [-0.4, -0.2) is 16.7 Å². The van der Waals surface area contributed by atoms with Crippen molar-refractivity contribution in [2.24, 2.45) is 5.73 Å². The molecule has 0 radical (unpaired) electrons. The van der Waals surface area contributed by atoms with Crippen molar-refractivity contribution in [2.75, 3.05) is 0 Å². The predicted octanol–water partition coefficient (Wildman–Crippen LogP) is 2.93. The van der Waals surface area contributed by atoms with Crippen LogP contribution in [0.4, 0.5) is 0 Å². The predicted molar refractivity (Wildman–Crippen MR) is 82.2 cm³/mol. The molecule has 0 aliphatic rings. The Hall–Kier alpha value is -1.00. The van der Waals surface area contributed by atoms with Crippen molar-refractivity contribution >= 4 is 17.7 Å². The number of carbonyl (C=O) groups excluding carboxylic acids is 1. The van der Waals surface area contributed by atoms with Gasteiger partial charge in [0.2, 0.25) is 5.91 Å². The number of nitrogens with one attached hydrogen (secondary N) is 1. The van der Waals surface area contributed by atoms with E-state index < -0.39 is 0 Å². The van der Waals surface area contributed by atoms with Crippen molar-refractivity contribution in [3.05, 3.63) is 29.8 Å². The molecule has 3 N–H and O–H groups in total. The highest BCUT2D eigenvalue weighted by Crippen LogP contribution is 2.24. The summed E-state index contributed by atoms with van der Waals surface area (Å²) in [5.74, 6) is 0.0787. The van der Waals surface area contributed by atoms with Gasteiger partial charge in [0.05, 0.1) is 5.25 Å². The van der Waals surface area contributed by atoms with Crippen molar-refractivity contribution in [3.8, 4) is 0 Å². The molecule has 0 spiro atoms. The monoisotopic (exact) mass is 280 g/mol. The average molecular weight is 280 g/mol. The third-order valence-corrected chi connectivity index (χ3v) is 4.26. The van der Waals surface area contributed by atoms with E-state index in [1.54, 1.807) is 11.8 Å². The maximum absolute atomic E-state index is 12.1. The molecule has 19 heavy (non-hydrogen) atoms. The Labute approximate surface area is 120 Å². The number of nitrogens with two attached hydrogens (primary N) is 1. The lowest BCUT2D eigenvalue weighted by Gasteiger charge is -2.26. The molecule has 0 saturated heterocycles. The number of amides is 1. The maximum atomic E-state index is 12.1. The van der Waals surface area contributed by atoms with Crippen molar-refractivity contribution in [1.82, 2.24) is 5.32 Å². The van der Waals surface area contributed by atoms with Crippen LogP contribution in [-0.2, 0) is 11.3 Å². The quantitative estimate of drug-likeness (QED) is 0.788. The Morgan fingerprint density at radius 1 is 1.47 bits per heavy atom. The zero-order chi connectivity index (χ0) is 14.5. The minimum Gasteiger partial charge on any atom is -0.350 e. The first-order valence-electron chi connectivity index (χ1n) is 6.65. The third-order valence-electron chi connectivity index (χ3n) is 3.16. The van der Waals surface area contributed by atoms with E-state index in [1.807, 2.05) is 45.0 Å². The largest absolute Gasteiger partial charge is 0.350 e. The molecule has 106 valence electrons. The standard InChI is InChI=1S/C15H24N2OS/c1-5-15(3,4)17-14(18)11(2)19-13-8-6-7-12(9-13)10-16/h6-9,11H,5,10,16H2,1-4H3,(H,17,18). The summed E-state index contributed by atoms with van der Waals surface area (Å²) in [7, 11) is 0. The first-order valence-corrected chi connectivity index (χ1v) is 7.53. The van der Waals surface area contributed by atoms with Crippen LogP contribution in [0.25, 0.3) is 0 Å². The number of hydrogen-bond acceptors (Lipinski definition) is 3.